The molecule has 0 aliphatic heterocycles. The Hall–Kier alpha value is -2.36. The Balaban J connectivity index is 1.69. The molecule has 3 rings (SSSR count). The van der Waals surface area contributed by atoms with Crippen LogP contribution in [0, 0.1) is 5.82 Å². The zero-order valence-corrected chi connectivity index (χ0v) is 13.1. The molecule has 3 nitrogen and oxygen atoms in total. The number of rotatable bonds is 5. The van der Waals surface area contributed by atoms with Gasteiger partial charge in [-0.05, 0) is 48.9 Å². The zero-order valence-electron chi connectivity index (χ0n) is 13.1. The molecular weight excluding hydrogens is 293 g/mol. The standard InChI is InChI=1S/C19H20FNO2/c1-2-23-18-12-15(20)9-10-17(18)21-19(22)11-14-8-7-13-5-3-4-6-16(13)14/h3-6,9-10,12,14H,2,7-8,11H2,1H3,(H,21,22). The second-order valence-electron chi connectivity index (χ2n) is 5.76. The van der Waals surface area contributed by atoms with E-state index in [1.54, 1.807) is 6.07 Å². The van der Waals surface area contributed by atoms with Crippen LogP contribution in [0.1, 0.15) is 36.8 Å². The lowest BCUT2D eigenvalue weighted by atomic mass is 9.97. The topological polar surface area (TPSA) is 38.3 Å². The molecule has 0 aromatic heterocycles. The van der Waals surface area contributed by atoms with Gasteiger partial charge in [0.2, 0.25) is 5.91 Å². The van der Waals surface area contributed by atoms with E-state index in [2.05, 4.69) is 17.4 Å². The molecule has 1 aliphatic rings. The van der Waals surface area contributed by atoms with Gasteiger partial charge in [0.1, 0.15) is 11.6 Å². The Morgan fingerprint density at radius 3 is 2.96 bits per heavy atom. The zero-order chi connectivity index (χ0) is 16.2. The maximum atomic E-state index is 13.3. The number of anilines is 1. The third-order valence-corrected chi connectivity index (χ3v) is 4.21. The largest absolute Gasteiger partial charge is 0.492 e. The Labute approximate surface area is 135 Å². The van der Waals surface area contributed by atoms with Crippen LogP contribution >= 0.6 is 0 Å². The number of halogens is 1. The number of carbonyl (C=O) groups excluding carboxylic acids is 1. The van der Waals surface area contributed by atoms with Crippen molar-refractivity contribution < 1.29 is 13.9 Å². The fraction of sp³-hybridized carbons (Fsp3) is 0.316. The van der Waals surface area contributed by atoms with Gasteiger partial charge in [0.05, 0.1) is 12.3 Å². The average molecular weight is 313 g/mol. The highest BCUT2D eigenvalue weighted by Crippen LogP contribution is 2.35. The van der Waals surface area contributed by atoms with Gasteiger partial charge < -0.3 is 10.1 Å². The molecule has 0 radical (unpaired) electrons. The Bertz CT molecular complexity index is 714. The summed E-state index contributed by atoms with van der Waals surface area (Å²) in [5, 5.41) is 2.85. The summed E-state index contributed by atoms with van der Waals surface area (Å²) in [7, 11) is 0. The van der Waals surface area contributed by atoms with Crippen LogP contribution in [0.5, 0.6) is 5.75 Å². The Morgan fingerprint density at radius 2 is 2.13 bits per heavy atom. The number of fused-ring (bicyclic) bond motifs is 1. The predicted molar refractivity (Wildman–Crippen MR) is 88.3 cm³/mol. The number of benzene rings is 2. The molecule has 0 saturated carbocycles. The van der Waals surface area contributed by atoms with Gasteiger partial charge in [-0.2, -0.15) is 0 Å². The number of aryl methyl sites for hydroxylation is 1. The van der Waals surface area contributed by atoms with Crippen molar-refractivity contribution in [1.29, 1.82) is 0 Å². The molecule has 23 heavy (non-hydrogen) atoms. The highest BCUT2D eigenvalue weighted by atomic mass is 19.1. The molecule has 0 heterocycles. The molecule has 1 unspecified atom stereocenters. The lowest BCUT2D eigenvalue weighted by molar-refractivity contribution is -0.116. The maximum absolute atomic E-state index is 13.3. The maximum Gasteiger partial charge on any atom is 0.225 e. The van der Waals surface area contributed by atoms with E-state index in [4.69, 9.17) is 4.74 Å². The Morgan fingerprint density at radius 1 is 1.30 bits per heavy atom. The van der Waals surface area contributed by atoms with Crippen molar-refractivity contribution in [3.63, 3.8) is 0 Å². The number of ether oxygens (including phenoxy) is 1. The van der Waals surface area contributed by atoms with Gasteiger partial charge >= 0.3 is 0 Å². The molecule has 0 bridgehead atoms. The van der Waals surface area contributed by atoms with E-state index in [1.807, 2.05) is 19.1 Å². The minimum atomic E-state index is -0.379. The highest BCUT2D eigenvalue weighted by molar-refractivity contribution is 5.92. The van der Waals surface area contributed by atoms with E-state index in [0.717, 1.165) is 12.8 Å². The minimum Gasteiger partial charge on any atom is -0.492 e. The minimum absolute atomic E-state index is 0.0701. The average Bonchev–Trinajstić information content (AvgIpc) is 2.93. The van der Waals surface area contributed by atoms with Crippen LogP contribution in [0.3, 0.4) is 0 Å². The van der Waals surface area contributed by atoms with Gasteiger partial charge in [-0.3, -0.25) is 4.79 Å². The number of amides is 1. The van der Waals surface area contributed by atoms with E-state index in [-0.39, 0.29) is 17.6 Å². The van der Waals surface area contributed by atoms with Crippen molar-refractivity contribution in [2.75, 3.05) is 11.9 Å². The van der Waals surface area contributed by atoms with E-state index in [1.165, 1.54) is 23.3 Å². The number of hydrogen-bond acceptors (Lipinski definition) is 2. The van der Waals surface area contributed by atoms with E-state index in [9.17, 15) is 9.18 Å². The molecule has 1 amide bonds. The molecule has 120 valence electrons. The van der Waals surface area contributed by atoms with Crippen LogP contribution in [0.15, 0.2) is 42.5 Å². The van der Waals surface area contributed by atoms with Gasteiger partial charge in [-0.25, -0.2) is 4.39 Å². The number of hydrogen-bond donors (Lipinski definition) is 1. The fourth-order valence-corrected chi connectivity index (χ4v) is 3.16. The lowest BCUT2D eigenvalue weighted by Gasteiger charge is -2.14. The van der Waals surface area contributed by atoms with Crippen molar-refractivity contribution in [3.05, 3.63) is 59.4 Å². The number of nitrogens with one attached hydrogen (secondary N) is 1. The first-order valence-electron chi connectivity index (χ1n) is 7.97. The predicted octanol–water partition coefficient (Wildman–Crippen LogP) is 4.28. The van der Waals surface area contributed by atoms with Crippen LogP contribution in [0.4, 0.5) is 10.1 Å². The molecule has 1 atom stereocenters. The van der Waals surface area contributed by atoms with Gasteiger partial charge in [0, 0.05) is 12.5 Å². The SMILES string of the molecule is CCOc1cc(F)ccc1NC(=O)CC1CCc2ccccc21. The fourth-order valence-electron chi connectivity index (χ4n) is 3.16. The van der Waals surface area contributed by atoms with E-state index in [0.29, 0.717) is 24.5 Å². The van der Waals surface area contributed by atoms with Crippen molar-refractivity contribution >= 4 is 11.6 Å². The van der Waals surface area contributed by atoms with Crippen LogP contribution < -0.4 is 10.1 Å². The van der Waals surface area contributed by atoms with Gasteiger partial charge in [-0.1, -0.05) is 24.3 Å². The second-order valence-corrected chi connectivity index (χ2v) is 5.76. The summed E-state index contributed by atoms with van der Waals surface area (Å²) in [6.07, 6.45) is 2.45. The molecule has 1 aliphatic carbocycles. The molecule has 2 aromatic rings. The van der Waals surface area contributed by atoms with E-state index >= 15 is 0 Å². The van der Waals surface area contributed by atoms with Crippen molar-refractivity contribution in [2.45, 2.75) is 32.1 Å². The first-order valence-corrected chi connectivity index (χ1v) is 7.97. The van der Waals surface area contributed by atoms with Crippen molar-refractivity contribution in [2.24, 2.45) is 0 Å². The normalized spacial score (nSPS) is 16.0. The van der Waals surface area contributed by atoms with Gasteiger partial charge in [0.15, 0.2) is 0 Å². The van der Waals surface area contributed by atoms with Gasteiger partial charge in [-0.15, -0.1) is 0 Å². The summed E-state index contributed by atoms with van der Waals surface area (Å²) >= 11 is 0. The quantitative estimate of drug-likeness (QED) is 0.894. The van der Waals surface area contributed by atoms with Crippen molar-refractivity contribution in [1.82, 2.24) is 0 Å². The molecule has 0 fully saturated rings. The third-order valence-electron chi connectivity index (χ3n) is 4.21. The molecule has 0 spiro atoms. The highest BCUT2D eigenvalue weighted by Gasteiger charge is 2.24. The molecule has 0 saturated heterocycles. The lowest BCUT2D eigenvalue weighted by Crippen LogP contribution is -2.15. The van der Waals surface area contributed by atoms with Crippen LogP contribution in [0.25, 0.3) is 0 Å². The first kappa shape index (κ1) is 15.5. The van der Waals surface area contributed by atoms with Gasteiger partial charge in [0.25, 0.3) is 0 Å². The molecular formula is C19H20FNO2. The Kier molecular flexibility index (Phi) is 4.60. The monoisotopic (exact) mass is 313 g/mol. The van der Waals surface area contributed by atoms with Crippen molar-refractivity contribution in [3.8, 4) is 5.75 Å². The molecule has 1 N–H and O–H groups in total. The second kappa shape index (κ2) is 6.82. The van der Waals surface area contributed by atoms with E-state index < -0.39 is 0 Å². The summed E-state index contributed by atoms with van der Waals surface area (Å²) < 4.78 is 18.7. The van der Waals surface area contributed by atoms with Crippen LogP contribution in [-0.4, -0.2) is 12.5 Å². The summed E-state index contributed by atoms with van der Waals surface area (Å²) in [6.45, 7) is 2.24. The summed E-state index contributed by atoms with van der Waals surface area (Å²) in [4.78, 5) is 12.4. The smallest absolute Gasteiger partial charge is 0.225 e. The number of carbonyl (C=O) groups is 1. The summed E-state index contributed by atoms with van der Waals surface area (Å²) in [5.41, 5.74) is 3.12. The summed E-state index contributed by atoms with van der Waals surface area (Å²) in [6, 6.07) is 12.4. The molecule has 4 heteroatoms. The summed E-state index contributed by atoms with van der Waals surface area (Å²) in [5.74, 6) is 0.172. The first-order chi connectivity index (χ1) is 11.2. The molecule has 2 aromatic carbocycles. The third kappa shape index (κ3) is 3.52. The van der Waals surface area contributed by atoms with Crippen LogP contribution in [0.2, 0.25) is 0 Å². The van der Waals surface area contributed by atoms with Crippen LogP contribution in [-0.2, 0) is 11.2 Å².